The summed E-state index contributed by atoms with van der Waals surface area (Å²) in [5, 5.41) is 3.03. The standard InChI is InChI=1S/C27H32N2O4S/c1-7-24(21-11-13-25(33-6)20(5)14-21)28-27(30)22-10-8-18(3)26(16-22)34(31,32)29-23-12-9-17(2)19(4)15-23/h8-16,24,29H,7H2,1-6H3,(H,28,30)/t24-/m0/s1. The maximum Gasteiger partial charge on any atom is 0.262 e. The van der Waals surface area contributed by atoms with Crippen LogP contribution in [-0.4, -0.2) is 21.4 Å². The molecule has 3 aromatic carbocycles. The maximum absolute atomic E-state index is 13.1. The number of methoxy groups -OCH3 is 1. The van der Waals surface area contributed by atoms with Crippen LogP contribution < -0.4 is 14.8 Å². The van der Waals surface area contributed by atoms with E-state index in [0.717, 1.165) is 28.0 Å². The van der Waals surface area contributed by atoms with Crippen LogP contribution in [0.3, 0.4) is 0 Å². The Balaban J connectivity index is 1.86. The van der Waals surface area contributed by atoms with Crippen molar-refractivity contribution >= 4 is 21.6 Å². The van der Waals surface area contributed by atoms with Gasteiger partial charge in [0.15, 0.2) is 0 Å². The highest BCUT2D eigenvalue weighted by molar-refractivity contribution is 7.92. The van der Waals surface area contributed by atoms with Crippen molar-refractivity contribution in [1.29, 1.82) is 0 Å². The largest absolute Gasteiger partial charge is 0.496 e. The van der Waals surface area contributed by atoms with Crippen LogP contribution in [0.25, 0.3) is 0 Å². The lowest BCUT2D eigenvalue weighted by molar-refractivity contribution is 0.0935. The Labute approximate surface area is 202 Å². The van der Waals surface area contributed by atoms with E-state index in [0.29, 0.717) is 17.7 Å². The summed E-state index contributed by atoms with van der Waals surface area (Å²) < 4.78 is 34.2. The first kappa shape index (κ1) is 25.3. The first-order valence-electron chi connectivity index (χ1n) is 11.2. The first-order chi connectivity index (χ1) is 16.1. The molecule has 0 saturated heterocycles. The van der Waals surface area contributed by atoms with Gasteiger partial charge in [0, 0.05) is 11.3 Å². The lowest BCUT2D eigenvalue weighted by atomic mass is 10.0. The van der Waals surface area contributed by atoms with Crippen LogP contribution in [-0.2, 0) is 10.0 Å². The van der Waals surface area contributed by atoms with Gasteiger partial charge in [-0.2, -0.15) is 0 Å². The van der Waals surface area contributed by atoms with Gasteiger partial charge in [-0.1, -0.05) is 31.2 Å². The smallest absolute Gasteiger partial charge is 0.262 e. The third kappa shape index (κ3) is 5.59. The van der Waals surface area contributed by atoms with Crippen LogP contribution in [0.15, 0.2) is 59.5 Å². The molecular formula is C27H32N2O4S. The Morgan fingerprint density at radius 1 is 0.882 bits per heavy atom. The normalized spacial score (nSPS) is 12.2. The fraction of sp³-hybridized carbons (Fsp3) is 0.296. The van der Waals surface area contributed by atoms with Crippen molar-refractivity contribution in [3.8, 4) is 5.75 Å². The average Bonchev–Trinajstić information content (AvgIpc) is 2.79. The topological polar surface area (TPSA) is 84.5 Å². The van der Waals surface area contributed by atoms with Crippen LogP contribution in [0.4, 0.5) is 5.69 Å². The van der Waals surface area contributed by atoms with Crippen molar-refractivity contribution in [2.75, 3.05) is 11.8 Å². The summed E-state index contributed by atoms with van der Waals surface area (Å²) in [6, 6.07) is 15.7. The Bertz CT molecular complexity index is 1320. The number of hydrogen-bond donors (Lipinski definition) is 2. The van der Waals surface area contributed by atoms with Gasteiger partial charge in [0.25, 0.3) is 15.9 Å². The fourth-order valence-corrected chi connectivity index (χ4v) is 5.15. The van der Waals surface area contributed by atoms with E-state index in [1.807, 2.05) is 52.0 Å². The number of carbonyl (C=O) groups is 1. The molecule has 0 unspecified atom stereocenters. The number of aryl methyl sites for hydroxylation is 4. The van der Waals surface area contributed by atoms with Crippen molar-refractivity contribution < 1.29 is 17.9 Å². The maximum atomic E-state index is 13.1. The molecule has 7 heteroatoms. The number of hydrogen-bond acceptors (Lipinski definition) is 4. The molecule has 0 radical (unpaired) electrons. The van der Waals surface area contributed by atoms with E-state index < -0.39 is 10.0 Å². The SMILES string of the molecule is CC[C@H](NC(=O)c1ccc(C)c(S(=O)(=O)Nc2ccc(C)c(C)c2)c1)c1ccc(OC)c(C)c1. The molecule has 0 fully saturated rings. The summed E-state index contributed by atoms with van der Waals surface area (Å²) in [5.74, 6) is 0.456. The monoisotopic (exact) mass is 480 g/mol. The van der Waals surface area contributed by atoms with Gasteiger partial charge in [-0.05, 0) is 92.3 Å². The molecule has 0 aromatic heterocycles. The van der Waals surface area contributed by atoms with Gasteiger partial charge in [-0.3, -0.25) is 9.52 Å². The van der Waals surface area contributed by atoms with Crippen molar-refractivity contribution in [2.45, 2.75) is 52.0 Å². The zero-order chi connectivity index (χ0) is 25.0. The second-order valence-corrected chi connectivity index (χ2v) is 10.2. The predicted molar refractivity (Wildman–Crippen MR) is 136 cm³/mol. The molecular weight excluding hydrogens is 448 g/mol. The van der Waals surface area contributed by atoms with E-state index in [4.69, 9.17) is 4.74 Å². The van der Waals surface area contributed by atoms with Gasteiger partial charge < -0.3 is 10.1 Å². The van der Waals surface area contributed by atoms with E-state index in [1.54, 1.807) is 38.3 Å². The van der Waals surface area contributed by atoms with Crippen LogP contribution in [0.5, 0.6) is 5.75 Å². The molecule has 0 bridgehead atoms. The molecule has 1 amide bonds. The number of rotatable bonds is 8. The average molecular weight is 481 g/mol. The molecule has 0 spiro atoms. The van der Waals surface area contributed by atoms with Crippen LogP contribution >= 0.6 is 0 Å². The van der Waals surface area contributed by atoms with Crippen LogP contribution in [0.2, 0.25) is 0 Å². The minimum Gasteiger partial charge on any atom is -0.496 e. The zero-order valence-electron chi connectivity index (χ0n) is 20.5. The van der Waals surface area contributed by atoms with Gasteiger partial charge in [-0.25, -0.2) is 8.42 Å². The third-order valence-corrected chi connectivity index (χ3v) is 7.56. The molecule has 34 heavy (non-hydrogen) atoms. The second-order valence-electron chi connectivity index (χ2n) is 8.55. The summed E-state index contributed by atoms with van der Waals surface area (Å²) in [6.45, 7) is 9.56. The Kier molecular flexibility index (Phi) is 7.67. The van der Waals surface area contributed by atoms with Gasteiger partial charge in [0.05, 0.1) is 18.0 Å². The third-order valence-electron chi connectivity index (χ3n) is 6.03. The van der Waals surface area contributed by atoms with Crippen LogP contribution in [0.1, 0.15) is 57.6 Å². The molecule has 0 heterocycles. The Morgan fingerprint density at radius 2 is 1.59 bits per heavy atom. The molecule has 0 saturated carbocycles. The van der Waals surface area contributed by atoms with Gasteiger partial charge in [0.1, 0.15) is 5.75 Å². The van der Waals surface area contributed by atoms with Crippen molar-refractivity contribution in [1.82, 2.24) is 5.32 Å². The summed E-state index contributed by atoms with van der Waals surface area (Å²) in [7, 11) is -2.25. The fourth-order valence-electron chi connectivity index (χ4n) is 3.83. The van der Waals surface area contributed by atoms with E-state index in [9.17, 15) is 13.2 Å². The number of anilines is 1. The highest BCUT2D eigenvalue weighted by Crippen LogP contribution is 2.26. The number of benzene rings is 3. The summed E-state index contributed by atoms with van der Waals surface area (Å²) in [4.78, 5) is 13.2. The van der Waals surface area contributed by atoms with Crippen LogP contribution in [0, 0.1) is 27.7 Å². The molecule has 1 atom stereocenters. The van der Waals surface area contributed by atoms with E-state index in [-0.39, 0.29) is 22.4 Å². The Morgan fingerprint density at radius 3 is 2.21 bits per heavy atom. The molecule has 3 rings (SSSR count). The van der Waals surface area contributed by atoms with E-state index in [2.05, 4.69) is 10.0 Å². The Hall–Kier alpha value is -3.32. The summed E-state index contributed by atoms with van der Waals surface area (Å²) in [5.41, 5.74) is 5.35. The predicted octanol–water partition coefficient (Wildman–Crippen LogP) is 5.61. The molecule has 0 aliphatic carbocycles. The van der Waals surface area contributed by atoms with Crippen molar-refractivity contribution in [2.24, 2.45) is 0 Å². The second kappa shape index (κ2) is 10.3. The summed E-state index contributed by atoms with van der Waals surface area (Å²) in [6.07, 6.45) is 0.683. The quantitative estimate of drug-likeness (QED) is 0.439. The molecule has 180 valence electrons. The molecule has 2 N–H and O–H groups in total. The highest BCUT2D eigenvalue weighted by atomic mass is 32.2. The minimum absolute atomic E-state index is 0.0757. The molecule has 0 aliphatic rings. The van der Waals surface area contributed by atoms with E-state index in [1.165, 1.54) is 6.07 Å². The van der Waals surface area contributed by atoms with Crippen molar-refractivity contribution in [3.05, 3.63) is 88.0 Å². The lowest BCUT2D eigenvalue weighted by Crippen LogP contribution is -2.28. The number of sulfonamides is 1. The number of carbonyl (C=O) groups excluding carboxylic acids is 1. The molecule has 3 aromatic rings. The zero-order valence-corrected chi connectivity index (χ0v) is 21.3. The molecule has 0 aliphatic heterocycles. The summed E-state index contributed by atoms with van der Waals surface area (Å²) >= 11 is 0. The minimum atomic E-state index is -3.87. The lowest BCUT2D eigenvalue weighted by Gasteiger charge is -2.19. The van der Waals surface area contributed by atoms with Crippen molar-refractivity contribution in [3.63, 3.8) is 0 Å². The highest BCUT2D eigenvalue weighted by Gasteiger charge is 2.21. The van der Waals surface area contributed by atoms with Gasteiger partial charge in [0.2, 0.25) is 0 Å². The number of nitrogens with one attached hydrogen (secondary N) is 2. The van der Waals surface area contributed by atoms with E-state index >= 15 is 0 Å². The number of ether oxygens (including phenoxy) is 1. The molecule has 6 nitrogen and oxygen atoms in total. The first-order valence-corrected chi connectivity index (χ1v) is 12.7. The number of amides is 1. The van der Waals surface area contributed by atoms with Gasteiger partial charge >= 0.3 is 0 Å². The van der Waals surface area contributed by atoms with Gasteiger partial charge in [-0.15, -0.1) is 0 Å².